The van der Waals surface area contributed by atoms with Crippen molar-refractivity contribution in [3.8, 4) is 0 Å². The second-order valence-electron chi connectivity index (χ2n) is 5.21. The highest BCUT2D eigenvalue weighted by Crippen LogP contribution is 2.35. The average molecular weight is 363 g/mol. The van der Waals surface area contributed by atoms with Gasteiger partial charge in [0.15, 0.2) is 4.90 Å². The Bertz CT molecular complexity index is 732. The highest BCUT2D eigenvalue weighted by molar-refractivity contribution is 7.89. The monoisotopic (exact) mass is 362 g/mol. The Balaban J connectivity index is 2.30. The number of halogens is 1. The predicted molar refractivity (Wildman–Crippen MR) is 81.6 cm³/mol. The number of rotatable bonds is 7. The number of nitro benzene ring substituents is 1. The minimum atomic E-state index is -4.17. The van der Waals surface area contributed by atoms with E-state index in [1.807, 2.05) is 0 Å². The van der Waals surface area contributed by atoms with Gasteiger partial charge in [-0.3, -0.25) is 14.9 Å². The summed E-state index contributed by atoms with van der Waals surface area (Å²) in [5.41, 5.74) is -0.613. The van der Waals surface area contributed by atoms with Crippen LogP contribution in [-0.2, 0) is 19.6 Å². The number of nitrogens with one attached hydrogen (secondary N) is 1. The maximum atomic E-state index is 12.5. The van der Waals surface area contributed by atoms with E-state index < -0.39 is 37.5 Å². The number of hydrogen-bond acceptors (Lipinski definition) is 6. The molecule has 1 saturated carbocycles. The summed E-state index contributed by atoms with van der Waals surface area (Å²) in [5.74, 6) is -0.523. The lowest BCUT2D eigenvalue weighted by Gasteiger charge is -2.17. The van der Waals surface area contributed by atoms with Gasteiger partial charge < -0.3 is 4.74 Å². The van der Waals surface area contributed by atoms with Crippen LogP contribution in [0.25, 0.3) is 0 Å². The van der Waals surface area contributed by atoms with E-state index in [9.17, 15) is 23.3 Å². The molecule has 1 N–H and O–H groups in total. The topological polar surface area (TPSA) is 116 Å². The number of methoxy groups -OCH3 is 1. The number of esters is 1. The number of sulfonamides is 1. The molecule has 1 atom stereocenters. The third-order valence-corrected chi connectivity index (χ3v) is 5.29. The molecule has 1 aliphatic rings. The predicted octanol–water partition coefficient (Wildman–Crippen LogP) is 1.87. The van der Waals surface area contributed by atoms with E-state index in [1.54, 1.807) is 0 Å². The molecule has 0 bridgehead atoms. The van der Waals surface area contributed by atoms with Crippen molar-refractivity contribution in [2.24, 2.45) is 5.92 Å². The molecule has 8 nitrogen and oxygen atoms in total. The third kappa shape index (κ3) is 4.40. The fraction of sp³-hybridized carbons (Fsp3) is 0.462. The molecule has 1 aromatic rings. The van der Waals surface area contributed by atoms with Gasteiger partial charge in [0.1, 0.15) is 0 Å². The number of carbonyl (C=O) groups is 1. The van der Waals surface area contributed by atoms with Crippen molar-refractivity contribution in [2.75, 3.05) is 7.11 Å². The zero-order valence-electron chi connectivity index (χ0n) is 12.2. The first-order chi connectivity index (χ1) is 10.7. The van der Waals surface area contributed by atoms with Crippen molar-refractivity contribution in [1.29, 1.82) is 0 Å². The highest BCUT2D eigenvalue weighted by Gasteiger charge is 2.37. The van der Waals surface area contributed by atoms with E-state index >= 15 is 0 Å². The molecule has 1 aliphatic carbocycles. The summed E-state index contributed by atoms with van der Waals surface area (Å²) in [5, 5.41) is 11.1. The largest absolute Gasteiger partial charge is 0.469 e. The van der Waals surface area contributed by atoms with Crippen molar-refractivity contribution < 1.29 is 22.9 Å². The summed E-state index contributed by atoms with van der Waals surface area (Å²) in [4.78, 5) is 21.2. The fourth-order valence-electron chi connectivity index (χ4n) is 2.19. The molecule has 1 fully saturated rings. The van der Waals surface area contributed by atoms with Crippen molar-refractivity contribution in [3.05, 3.63) is 33.3 Å². The van der Waals surface area contributed by atoms with Gasteiger partial charge in [0, 0.05) is 17.1 Å². The maximum absolute atomic E-state index is 12.5. The van der Waals surface area contributed by atoms with Crippen LogP contribution in [0.5, 0.6) is 0 Å². The quantitative estimate of drug-likeness (QED) is 0.449. The van der Waals surface area contributed by atoms with Gasteiger partial charge in [-0.1, -0.05) is 11.6 Å². The molecule has 0 radical (unpaired) electrons. The lowest BCUT2D eigenvalue weighted by Crippen LogP contribution is -2.38. The van der Waals surface area contributed by atoms with Crippen molar-refractivity contribution in [3.63, 3.8) is 0 Å². The van der Waals surface area contributed by atoms with E-state index in [0.717, 1.165) is 25.0 Å². The van der Waals surface area contributed by atoms with Gasteiger partial charge in [0.25, 0.3) is 5.69 Å². The molecular formula is C13H15ClN2O6S. The molecule has 0 amide bonds. The zero-order valence-corrected chi connectivity index (χ0v) is 13.8. The normalized spacial score (nSPS) is 15.9. The Morgan fingerprint density at radius 3 is 2.70 bits per heavy atom. The van der Waals surface area contributed by atoms with Crippen molar-refractivity contribution in [2.45, 2.75) is 30.2 Å². The molecule has 0 unspecified atom stereocenters. The average Bonchev–Trinajstić information content (AvgIpc) is 3.30. The molecule has 126 valence electrons. The van der Waals surface area contributed by atoms with Crippen LogP contribution in [0.4, 0.5) is 5.69 Å². The molecule has 0 aromatic heterocycles. The van der Waals surface area contributed by atoms with Gasteiger partial charge in [-0.25, -0.2) is 13.1 Å². The molecule has 0 aliphatic heterocycles. The van der Waals surface area contributed by atoms with Gasteiger partial charge in [-0.2, -0.15) is 0 Å². The summed E-state index contributed by atoms with van der Waals surface area (Å²) in [6.07, 6.45) is 1.45. The molecule has 10 heteroatoms. The van der Waals surface area contributed by atoms with Gasteiger partial charge in [-0.15, -0.1) is 0 Å². The lowest BCUT2D eigenvalue weighted by molar-refractivity contribution is -0.387. The molecule has 23 heavy (non-hydrogen) atoms. The summed E-state index contributed by atoms with van der Waals surface area (Å²) in [6.45, 7) is 0. The van der Waals surface area contributed by atoms with E-state index in [2.05, 4.69) is 9.46 Å². The first-order valence-electron chi connectivity index (χ1n) is 6.77. The van der Waals surface area contributed by atoms with Gasteiger partial charge in [0.05, 0.1) is 18.5 Å². The van der Waals surface area contributed by atoms with Crippen LogP contribution in [0.15, 0.2) is 23.1 Å². The second kappa shape index (κ2) is 6.81. The molecular weight excluding hydrogens is 348 g/mol. The van der Waals surface area contributed by atoms with Crippen molar-refractivity contribution >= 4 is 33.3 Å². The first kappa shape index (κ1) is 17.6. The first-order valence-corrected chi connectivity index (χ1v) is 8.64. The summed E-state index contributed by atoms with van der Waals surface area (Å²) >= 11 is 5.68. The molecule has 0 spiro atoms. The van der Waals surface area contributed by atoms with Crippen LogP contribution in [0.1, 0.15) is 19.3 Å². The Kier molecular flexibility index (Phi) is 5.23. The molecule has 0 heterocycles. The van der Waals surface area contributed by atoms with Gasteiger partial charge in [-0.05, 0) is 30.9 Å². The number of nitrogens with zero attached hydrogens (tertiary/aromatic N) is 1. The Labute approximate surface area is 138 Å². The SMILES string of the molecule is COC(=O)C[C@@H](NS(=O)(=O)c1ccc(Cl)cc1[N+](=O)[O-])C1CC1. The number of carbonyl (C=O) groups excluding carboxylic acids is 1. The third-order valence-electron chi connectivity index (χ3n) is 3.52. The van der Waals surface area contributed by atoms with Crippen LogP contribution in [0.3, 0.4) is 0 Å². The Morgan fingerprint density at radius 2 is 2.17 bits per heavy atom. The minimum Gasteiger partial charge on any atom is -0.469 e. The van der Waals surface area contributed by atoms with Gasteiger partial charge >= 0.3 is 5.97 Å². The van der Waals surface area contributed by atoms with E-state index in [0.29, 0.717) is 0 Å². The number of ether oxygens (including phenoxy) is 1. The zero-order chi connectivity index (χ0) is 17.2. The second-order valence-corrected chi connectivity index (χ2v) is 7.33. The van der Waals surface area contributed by atoms with Crippen LogP contribution in [-0.4, -0.2) is 32.5 Å². The van der Waals surface area contributed by atoms with Crippen LogP contribution in [0.2, 0.25) is 5.02 Å². The summed E-state index contributed by atoms with van der Waals surface area (Å²) in [7, 11) is -2.96. The van der Waals surface area contributed by atoms with Crippen molar-refractivity contribution in [1.82, 2.24) is 4.72 Å². The number of hydrogen-bond donors (Lipinski definition) is 1. The summed E-state index contributed by atoms with van der Waals surface area (Å²) < 4.78 is 31.9. The fourth-order valence-corrected chi connectivity index (χ4v) is 3.81. The van der Waals surface area contributed by atoms with E-state index in [1.165, 1.54) is 13.2 Å². The number of benzene rings is 1. The minimum absolute atomic E-state index is 0.0234. The Hall–Kier alpha value is -1.71. The highest BCUT2D eigenvalue weighted by atomic mass is 35.5. The van der Waals surface area contributed by atoms with E-state index in [-0.39, 0.29) is 17.4 Å². The van der Waals surface area contributed by atoms with Gasteiger partial charge in [0.2, 0.25) is 10.0 Å². The lowest BCUT2D eigenvalue weighted by atomic mass is 10.1. The standard InChI is InChI=1S/C13H15ClN2O6S/c1-22-13(17)7-10(8-2-3-8)15-23(20,21)12-5-4-9(14)6-11(12)16(18)19/h4-6,8,10,15H,2-3,7H2,1H3/t10-/m1/s1. The molecule has 2 rings (SSSR count). The maximum Gasteiger partial charge on any atom is 0.307 e. The summed E-state index contributed by atoms with van der Waals surface area (Å²) in [6, 6.07) is 2.66. The molecule has 1 aromatic carbocycles. The smallest absolute Gasteiger partial charge is 0.307 e. The molecule has 0 saturated heterocycles. The van der Waals surface area contributed by atoms with E-state index in [4.69, 9.17) is 11.6 Å². The van der Waals surface area contributed by atoms with Crippen LogP contribution >= 0.6 is 11.6 Å². The number of nitro groups is 1. The van der Waals surface area contributed by atoms with Crippen LogP contribution < -0.4 is 4.72 Å². The Morgan fingerprint density at radius 1 is 1.52 bits per heavy atom. The van der Waals surface area contributed by atoms with Crippen LogP contribution in [0, 0.1) is 16.0 Å².